The lowest BCUT2D eigenvalue weighted by Crippen LogP contribution is -2.16. The first-order chi connectivity index (χ1) is 8.41. The first-order valence-electron chi connectivity index (χ1n) is 4.66. The van der Waals surface area contributed by atoms with E-state index in [1.54, 1.807) is 0 Å². The molecule has 0 bridgehead atoms. The van der Waals surface area contributed by atoms with Crippen molar-refractivity contribution in [1.82, 2.24) is 4.98 Å². The number of rotatable bonds is 2. The molecule has 1 aromatic carbocycles. The highest BCUT2D eigenvalue weighted by Crippen LogP contribution is 2.38. The van der Waals surface area contributed by atoms with E-state index < -0.39 is 22.2 Å². The Morgan fingerprint density at radius 1 is 1.00 bits per heavy atom. The Hall–Kier alpha value is -2.33. The van der Waals surface area contributed by atoms with Crippen molar-refractivity contribution in [3.8, 4) is 5.75 Å². The van der Waals surface area contributed by atoms with Crippen molar-refractivity contribution in [2.24, 2.45) is 0 Å². The highest BCUT2D eigenvalue weighted by Gasteiger charge is 2.18. The third-order valence-electron chi connectivity index (χ3n) is 2.38. The molecule has 0 saturated heterocycles. The van der Waals surface area contributed by atoms with Gasteiger partial charge in [-0.15, -0.1) is 10.5 Å². The van der Waals surface area contributed by atoms with Crippen LogP contribution >= 0.6 is 0 Å². The Labute approximate surface area is 98.8 Å². The number of aromatic nitrogens is 1. The van der Waals surface area contributed by atoms with E-state index in [1.165, 1.54) is 6.07 Å². The van der Waals surface area contributed by atoms with Crippen molar-refractivity contribution in [1.29, 1.82) is 0 Å². The summed E-state index contributed by atoms with van der Waals surface area (Å²) >= 11 is 0. The van der Waals surface area contributed by atoms with Crippen LogP contribution in [-0.4, -0.2) is 30.9 Å². The van der Waals surface area contributed by atoms with Crippen molar-refractivity contribution >= 4 is 22.3 Å². The molecule has 0 aliphatic rings. The van der Waals surface area contributed by atoms with Gasteiger partial charge in [0.2, 0.25) is 5.56 Å². The van der Waals surface area contributed by atoms with Crippen LogP contribution < -0.4 is 16.0 Å². The van der Waals surface area contributed by atoms with Gasteiger partial charge in [-0.25, -0.2) is 0 Å². The van der Waals surface area contributed by atoms with Gasteiger partial charge in [-0.1, -0.05) is 0 Å². The number of nitrogens with one attached hydrogen (secondary N) is 1. The summed E-state index contributed by atoms with van der Waals surface area (Å²) in [6.07, 6.45) is 0. The minimum atomic E-state index is -0.627. The molecule has 0 spiro atoms. The van der Waals surface area contributed by atoms with Crippen LogP contribution in [0.25, 0.3) is 10.9 Å². The van der Waals surface area contributed by atoms with Crippen molar-refractivity contribution in [3.63, 3.8) is 0 Å². The first-order valence-corrected chi connectivity index (χ1v) is 4.66. The average molecular weight is 255 g/mol. The van der Waals surface area contributed by atoms with E-state index in [1.807, 2.05) is 0 Å². The van der Waals surface area contributed by atoms with E-state index in [4.69, 9.17) is 20.8 Å². The number of pyridine rings is 1. The number of nitrogens with zero attached hydrogens (tertiary/aromatic N) is 2. The van der Waals surface area contributed by atoms with Gasteiger partial charge in [0.1, 0.15) is 11.4 Å². The zero-order chi connectivity index (χ0) is 13.4. The van der Waals surface area contributed by atoms with Crippen molar-refractivity contribution in [2.45, 2.75) is 0 Å². The number of aromatic amines is 1. The lowest BCUT2D eigenvalue weighted by atomic mass is 10.1. The molecule has 0 atom stereocenters. The average Bonchev–Trinajstić information content (AvgIpc) is 2.29. The number of aromatic hydroxyl groups is 1. The number of phenolic OH excluding ortho intramolecular Hbond substituents is 1. The zero-order valence-electron chi connectivity index (χ0n) is 8.77. The van der Waals surface area contributed by atoms with Crippen LogP contribution in [0.5, 0.6) is 5.75 Å². The Morgan fingerprint density at radius 2 is 1.61 bits per heavy atom. The third-order valence-corrected chi connectivity index (χ3v) is 2.38. The van der Waals surface area contributed by atoms with Crippen LogP contribution in [0.4, 0.5) is 11.4 Å². The second-order valence-corrected chi connectivity index (χ2v) is 3.45. The molecule has 9 heteroatoms. The SMILES string of the molecule is O=c1ccc2c(N(O)O)cc(N(O)O)c(O)c2[nH]1. The van der Waals surface area contributed by atoms with Crippen LogP contribution in [0.1, 0.15) is 0 Å². The predicted octanol–water partition coefficient (Wildman–Crippen LogP) is 0.403. The third kappa shape index (κ3) is 1.83. The molecule has 6 N–H and O–H groups in total. The summed E-state index contributed by atoms with van der Waals surface area (Å²) in [5.41, 5.74) is -1.52. The summed E-state index contributed by atoms with van der Waals surface area (Å²) in [6.45, 7) is 0. The molecule has 96 valence electrons. The van der Waals surface area contributed by atoms with E-state index >= 15 is 0 Å². The quantitative estimate of drug-likeness (QED) is 0.424. The van der Waals surface area contributed by atoms with E-state index in [-0.39, 0.29) is 21.8 Å². The van der Waals surface area contributed by atoms with Crippen LogP contribution in [0.3, 0.4) is 0 Å². The van der Waals surface area contributed by atoms with E-state index in [2.05, 4.69) is 4.98 Å². The predicted molar refractivity (Wildman–Crippen MR) is 58.3 cm³/mol. The number of H-pyrrole nitrogens is 1. The lowest BCUT2D eigenvalue weighted by Gasteiger charge is -2.17. The minimum Gasteiger partial charge on any atom is -0.504 e. The molecule has 0 fully saturated rings. The van der Waals surface area contributed by atoms with Gasteiger partial charge in [0.05, 0.1) is 5.52 Å². The summed E-state index contributed by atoms with van der Waals surface area (Å²) in [7, 11) is 0. The Kier molecular flexibility index (Phi) is 2.80. The largest absolute Gasteiger partial charge is 0.504 e. The molecule has 2 rings (SSSR count). The van der Waals surface area contributed by atoms with Crippen molar-refractivity contribution in [3.05, 3.63) is 28.6 Å². The summed E-state index contributed by atoms with van der Waals surface area (Å²) in [5.74, 6) is -0.627. The molecule has 2 aromatic rings. The van der Waals surface area contributed by atoms with Crippen LogP contribution in [0.15, 0.2) is 23.0 Å². The second-order valence-electron chi connectivity index (χ2n) is 3.45. The number of hydrogen-bond acceptors (Lipinski definition) is 8. The summed E-state index contributed by atoms with van der Waals surface area (Å²) in [5, 5.41) is 45.0. The van der Waals surface area contributed by atoms with Gasteiger partial charge in [0.15, 0.2) is 5.75 Å². The zero-order valence-corrected chi connectivity index (χ0v) is 8.77. The minimum absolute atomic E-state index is 0.0997. The number of benzene rings is 1. The van der Waals surface area contributed by atoms with Crippen molar-refractivity contribution in [2.75, 3.05) is 10.5 Å². The molecular formula is C9H9N3O6. The number of fused-ring (bicyclic) bond motifs is 1. The fourth-order valence-corrected chi connectivity index (χ4v) is 1.60. The highest BCUT2D eigenvalue weighted by molar-refractivity contribution is 5.99. The standard InChI is InChI=1S/C9H9N3O6/c13-7-2-1-4-5(11(15)16)3-6(12(17)18)9(14)8(4)10-7/h1-3,14-18H,(H,10,13). The monoisotopic (exact) mass is 255 g/mol. The van der Waals surface area contributed by atoms with Gasteiger partial charge < -0.3 is 10.1 Å². The lowest BCUT2D eigenvalue weighted by molar-refractivity contribution is 0.0258. The summed E-state index contributed by atoms with van der Waals surface area (Å²) in [4.78, 5) is 13.4. The second kappa shape index (κ2) is 4.16. The van der Waals surface area contributed by atoms with Gasteiger partial charge >= 0.3 is 0 Å². The maximum atomic E-state index is 11.2. The Balaban J connectivity index is 2.92. The topological polar surface area (TPSA) is 140 Å². The number of hydrogen-bond donors (Lipinski definition) is 6. The van der Waals surface area contributed by atoms with Gasteiger partial charge in [-0.2, -0.15) is 0 Å². The van der Waals surface area contributed by atoms with Crippen molar-refractivity contribution < 1.29 is 25.9 Å². The van der Waals surface area contributed by atoms with Crippen LogP contribution in [0.2, 0.25) is 0 Å². The fraction of sp³-hybridized carbons (Fsp3) is 0. The molecule has 1 heterocycles. The molecule has 0 aliphatic heterocycles. The van der Waals surface area contributed by atoms with Gasteiger partial charge in [0, 0.05) is 11.5 Å². The van der Waals surface area contributed by atoms with Crippen LogP contribution in [0, 0.1) is 0 Å². The molecule has 0 amide bonds. The molecular weight excluding hydrogens is 246 g/mol. The van der Waals surface area contributed by atoms with E-state index in [9.17, 15) is 9.90 Å². The van der Waals surface area contributed by atoms with E-state index in [0.29, 0.717) is 0 Å². The molecule has 0 unspecified atom stereocenters. The summed E-state index contributed by atoms with van der Waals surface area (Å²) < 4.78 is 0. The molecule has 0 saturated carbocycles. The normalized spacial score (nSPS) is 10.7. The Bertz CT molecular complexity index is 651. The van der Waals surface area contributed by atoms with Crippen LogP contribution in [-0.2, 0) is 0 Å². The van der Waals surface area contributed by atoms with Gasteiger partial charge in [-0.3, -0.25) is 25.6 Å². The van der Waals surface area contributed by atoms with E-state index in [0.717, 1.165) is 12.1 Å². The first kappa shape index (κ1) is 12.1. The smallest absolute Gasteiger partial charge is 0.248 e. The summed E-state index contributed by atoms with van der Waals surface area (Å²) in [6, 6.07) is 3.26. The number of phenols is 1. The molecule has 18 heavy (non-hydrogen) atoms. The molecule has 1 aromatic heterocycles. The maximum absolute atomic E-state index is 11.2. The molecule has 0 aliphatic carbocycles. The maximum Gasteiger partial charge on any atom is 0.248 e. The molecule has 0 radical (unpaired) electrons. The molecule has 9 nitrogen and oxygen atoms in total. The number of anilines is 2. The highest BCUT2D eigenvalue weighted by atomic mass is 16.8. The van der Waals surface area contributed by atoms with Gasteiger partial charge in [-0.05, 0) is 12.1 Å². The fourth-order valence-electron chi connectivity index (χ4n) is 1.60. The van der Waals surface area contributed by atoms with Gasteiger partial charge in [0.25, 0.3) is 0 Å². The Morgan fingerprint density at radius 3 is 2.17 bits per heavy atom.